The van der Waals surface area contributed by atoms with Crippen LogP contribution in [0.3, 0.4) is 0 Å². The molecule has 2 heterocycles. The molecule has 0 aliphatic heterocycles. The first-order valence-corrected chi connectivity index (χ1v) is 6.87. The van der Waals surface area contributed by atoms with E-state index in [4.69, 9.17) is 4.52 Å². The first-order valence-electron chi connectivity index (χ1n) is 6.87. The molecule has 20 heavy (non-hydrogen) atoms. The molecule has 6 heteroatoms. The Bertz CT molecular complexity index is 551. The molecule has 0 amide bonds. The summed E-state index contributed by atoms with van der Waals surface area (Å²) in [5.74, 6) is 2.83. The molecule has 108 valence electrons. The Hall–Kier alpha value is -2.11. The second-order valence-electron chi connectivity index (χ2n) is 4.93. The van der Waals surface area contributed by atoms with Gasteiger partial charge in [0.2, 0.25) is 0 Å². The average molecular weight is 275 g/mol. The van der Waals surface area contributed by atoms with Crippen molar-refractivity contribution in [3.05, 3.63) is 29.4 Å². The largest absolute Gasteiger partial charge is 0.370 e. The van der Waals surface area contributed by atoms with Gasteiger partial charge in [-0.05, 0) is 13.8 Å². The molecular formula is C14H21N5O. The number of aromatic nitrogens is 3. The molecule has 6 nitrogen and oxygen atoms in total. The molecule has 2 rings (SSSR count). The molecule has 0 aliphatic carbocycles. The summed E-state index contributed by atoms with van der Waals surface area (Å²) < 4.78 is 4.82. The lowest BCUT2D eigenvalue weighted by Gasteiger charge is -2.15. The highest BCUT2D eigenvalue weighted by atomic mass is 16.5. The van der Waals surface area contributed by atoms with Gasteiger partial charge in [-0.1, -0.05) is 19.0 Å². The molecule has 0 atom stereocenters. The maximum atomic E-state index is 4.82. The Morgan fingerprint density at radius 2 is 1.90 bits per heavy atom. The highest BCUT2D eigenvalue weighted by Gasteiger charge is 2.12. The monoisotopic (exact) mass is 275 g/mol. The Balaban J connectivity index is 2.25. The number of hydrogen-bond acceptors (Lipinski definition) is 6. The van der Waals surface area contributed by atoms with Gasteiger partial charge in [0.05, 0.1) is 6.54 Å². The topological polar surface area (TPSA) is 75.9 Å². The predicted molar refractivity (Wildman–Crippen MR) is 78.9 cm³/mol. The van der Waals surface area contributed by atoms with E-state index < -0.39 is 0 Å². The van der Waals surface area contributed by atoms with Gasteiger partial charge in [0.1, 0.15) is 29.4 Å². The minimum absolute atomic E-state index is 0.278. The van der Waals surface area contributed by atoms with Crippen molar-refractivity contribution in [3.63, 3.8) is 0 Å². The molecule has 0 bridgehead atoms. The van der Waals surface area contributed by atoms with Crippen LogP contribution in [0.4, 0.5) is 11.6 Å². The van der Waals surface area contributed by atoms with Crippen LogP contribution < -0.4 is 10.6 Å². The van der Waals surface area contributed by atoms with Crippen LogP contribution in [0.15, 0.2) is 16.9 Å². The van der Waals surface area contributed by atoms with Crippen LogP contribution in [0.25, 0.3) is 0 Å². The number of hydrogen-bond donors (Lipinski definition) is 2. The molecule has 0 unspecified atom stereocenters. The van der Waals surface area contributed by atoms with E-state index in [2.05, 4.69) is 46.5 Å². The molecule has 2 N–H and O–H groups in total. The van der Waals surface area contributed by atoms with E-state index in [1.165, 1.54) is 0 Å². The van der Waals surface area contributed by atoms with E-state index in [9.17, 15) is 0 Å². The molecule has 0 spiro atoms. The molecular weight excluding hydrogens is 254 g/mol. The first kappa shape index (κ1) is 14.3. The zero-order valence-electron chi connectivity index (χ0n) is 12.4. The van der Waals surface area contributed by atoms with Crippen LogP contribution >= 0.6 is 0 Å². The normalized spacial score (nSPS) is 10.8. The van der Waals surface area contributed by atoms with Crippen LogP contribution in [0.2, 0.25) is 0 Å². The summed E-state index contributed by atoms with van der Waals surface area (Å²) >= 11 is 0. The van der Waals surface area contributed by atoms with E-state index in [0.29, 0.717) is 6.54 Å². The first-order chi connectivity index (χ1) is 9.61. The van der Waals surface area contributed by atoms with Gasteiger partial charge in [-0.25, -0.2) is 9.97 Å². The van der Waals surface area contributed by atoms with Gasteiger partial charge in [-0.2, -0.15) is 0 Å². The van der Waals surface area contributed by atoms with Gasteiger partial charge in [0, 0.05) is 24.1 Å². The summed E-state index contributed by atoms with van der Waals surface area (Å²) in [6, 6.07) is 1.83. The van der Waals surface area contributed by atoms with Crippen molar-refractivity contribution < 1.29 is 4.52 Å². The third-order valence-electron chi connectivity index (χ3n) is 2.95. The Morgan fingerprint density at radius 1 is 1.20 bits per heavy atom. The van der Waals surface area contributed by atoms with Crippen molar-refractivity contribution in [2.75, 3.05) is 17.2 Å². The lowest BCUT2D eigenvalue weighted by Crippen LogP contribution is -2.12. The maximum Gasteiger partial charge on any atom is 0.135 e. The van der Waals surface area contributed by atoms with E-state index >= 15 is 0 Å². The fraction of sp³-hybridized carbons (Fsp3) is 0.500. The second kappa shape index (κ2) is 6.36. The zero-order chi connectivity index (χ0) is 14.5. The minimum Gasteiger partial charge on any atom is -0.370 e. The minimum atomic E-state index is 0.278. The van der Waals surface area contributed by atoms with Crippen LogP contribution in [0, 0.1) is 6.92 Å². The Morgan fingerprint density at radius 3 is 2.45 bits per heavy atom. The van der Waals surface area contributed by atoms with E-state index in [-0.39, 0.29) is 5.92 Å². The van der Waals surface area contributed by atoms with Crippen molar-refractivity contribution in [1.82, 2.24) is 15.1 Å². The summed E-state index contributed by atoms with van der Waals surface area (Å²) in [5, 5.41) is 10.5. The maximum absolute atomic E-state index is 4.82. The van der Waals surface area contributed by atoms with Gasteiger partial charge in [0.25, 0.3) is 0 Å². The van der Waals surface area contributed by atoms with Gasteiger partial charge in [-0.3, -0.25) is 0 Å². The van der Waals surface area contributed by atoms with Crippen molar-refractivity contribution in [2.45, 2.75) is 40.2 Å². The second-order valence-corrected chi connectivity index (χ2v) is 4.93. The fourth-order valence-electron chi connectivity index (χ4n) is 1.81. The summed E-state index contributed by atoms with van der Waals surface area (Å²) in [6.07, 6.45) is 1.56. The molecule has 2 aromatic rings. The van der Waals surface area contributed by atoms with Gasteiger partial charge in [0.15, 0.2) is 0 Å². The summed E-state index contributed by atoms with van der Waals surface area (Å²) in [5.41, 5.74) is 1.86. The highest BCUT2D eigenvalue weighted by Crippen LogP contribution is 2.23. The lowest BCUT2D eigenvalue weighted by atomic mass is 10.2. The van der Waals surface area contributed by atoms with Crippen molar-refractivity contribution in [3.8, 4) is 0 Å². The predicted octanol–water partition coefficient (Wildman–Crippen LogP) is 2.94. The van der Waals surface area contributed by atoms with E-state index in [1.54, 1.807) is 6.26 Å². The third-order valence-corrected chi connectivity index (χ3v) is 2.95. The van der Waals surface area contributed by atoms with Crippen molar-refractivity contribution >= 4 is 11.6 Å². The Labute approximate surface area is 119 Å². The summed E-state index contributed by atoms with van der Waals surface area (Å²) in [7, 11) is 0. The van der Waals surface area contributed by atoms with Gasteiger partial charge in [-0.15, -0.1) is 0 Å². The average Bonchev–Trinajstić information content (AvgIpc) is 2.92. The highest BCUT2D eigenvalue weighted by molar-refractivity contribution is 5.57. The van der Waals surface area contributed by atoms with Gasteiger partial charge >= 0.3 is 0 Å². The smallest absolute Gasteiger partial charge is 0.135 e. The van der Waals surface area contributed by atoms with Crippen LogP contribution in [0.5, 0.6) is 0 Å². The van der Waals surface area contributed by atoms with Crippen LogP contribution in [0.1, 0.15) is 43.8 Å². The number of rotatable bonds is 6. The molecule has 2 aromatic heterocycles. The van der Waals surface area contributed by atoms with Crippen LogP contribution in [-0.2, 0) is 6.54 Å². The molecule has 0 aromatic carbocycles. The fourth-order valence-corrected chi connectivity index (χ4v) is 1.81. The van der Waals surface area contributed by atoms with E-state index in [0.717, 1.165) is 35.3 Å². The van der Waals surface area contributed by atoms with E-state index in [1.807, 2.05) is 13.0 Å². The third kappa shape index (κ3) is 3.26. The van der Waals surface area contributed by atoms with Crippen LogP contribution in [-0.4, -0.2) is 21.7 Å². The standard InChI is InChI=1S/C14H21N5O/c1-5-15-13-10(4)14(18-12(17-13)9(2)3)16-8-11-6-7-20-19-11/h6-7,9H,5,8H2,1-4H3,(H2,15,16,17,18). The quantitative estimate of drug-likeness (QED) is 0.844. The van der Waals surface area contributed by atoms with Gasteiger partial charge < -0.3 is 15.2 Å². The van der Waals surface area contributed by atoms with Crippen molar-refractivity contribution in [2.24, 2.45) is 0 Å². The summed E-state index contributed by atoms with van der Waals surface area (Å²) in [6.45, 7) is 9.64. The zero-order valence-corrected chi connectivity index (χ0v) is 12.4. The SMILES string of the molecule is CCNc1nc(C(C)C)nc(NCc2ccon2)c1C. The Kier molecular flexibility index (Phi) is 4.55. The molecule has 0 aliphatic rings. The lowest BCUT2D eigenvalue weighted by molar-refractivity contribution is 0.412. The molecule has 0 radical (unpaired) electrons. The molecule has 0 saturated heterocycles. The summed E-state index contributed by atoms with van der Waals surface area (Å²) in [4.78, 5) is 9.16. The molecule has 0 saturated carbocycles. The van der Waals surface area contributed by atoms with Crippen molar-refractivity contribution in [1.29, 1.82) is 0 Å². The number of anilines is 2. The molecule has 0 fully saturated rings. The number of nitrogens with zero attached hydrogens (tertiary/aromatic N) is 3. The number of nitrogens with one attached hydrogen (secondary N) is 2.